The van der Waals surface area contributed by atoms with Crippen LogP contribution in [0.1, 0.15) is 5.69 Å². The summed E-state index contributed by atoms with van der Waals surface area (Å²) in [6.07, 6.45) is 0. The predicted molar refractivity (Wildman–Crippen MR) is 96.0 cm³/mol. The van der Waals surface area contributed by atoms with E-state index in [4.69, 9.17) is 0 Å². The van der Waals surface area contributed by atoms with E-state index in [1.54, 1.807) is 31.3 Å². The van der Waals surface area contributed by atoms with Crippen molar-refractivity contribution in [2.45, 2.75) is 11.4 Å². The first-order chi connectivity index (χ1) is 12.0. The Bertz CT molecular complexity index is 970. The Hall–Kier alpha value is -2.67. The lowest BCUT2D eigenvalue weighted by atomic mass is 10.1. The molecule has 3 aromatic rings. The number of nitrogens with zero attached hydrogens (tertiary/aromatic N) is 2. The largest absolute Gasteiger partial charge is 0.350 e. The molecule has 0 aliphatic heterocycles. The highest BCUT2D eigenvalue weighted by Gasteiger charge is 2.10. The minimum absolute atomic E-state index is 0.158. The Morgan fingerprint density at radius 2 is 1.84 bits per heavy atom. The van der Waals surface area contributed by atoms with Crippen LogP contribution >= 0.6 is 11.8 Å². The molecular weight excluding hydrogens is 341 g/mol. The molecule has 0 bridgehead atoms. The van der Waals surface area contributed by atoms with Crippen molar-refractivity contribution in [1.82, 2.24) is 15.1 Å². The summed E-state index contributed by atoms with van der Waals surface area (Å²) in [6, 6.07) is 13.2. The molecule has 0 radical (unpaired) electrons. The van der Waals surface area contributed by atoms with E-state index >= 15 is 0 Å². The summed E-state index contributed by atoms with van der Waals surface area (Å²) in [4.78, 5) is 24.9. The van der Waals surface area contributed by atoms with Gasteiger partial charge in [-0.05, 0) is 30.3 Å². The number of benzene rings is 2. The van der Waals surface area contributed by atoms with Crippen LogP contribution in [0.4, 0.5) is 4.39 Å². The van der Waals surface area contributed by atoms with Crippen molar-refractivity contribution in [2.24, 2.45) is 7.05 Å². The highest BCUT2D eigenvalue weighted by molar-refractivity contribution is 8.00. The highest BCUT2D eigenvalue weighted by Crippen LogP contribution is 2.18. The van der Waals surface area contributed by atoms with Crippen molar-refractivity contribution in [1.29, 1.82) is 0 Å². The van der Waals surface area contributed by atoms with Gasteiger partial charge in [-0.15, -0.1) is 11.8 Å². The molecule has 1 heterocycles. The fourth-order valence-corrected chi connectivity index (χ4v) is 3.15. The average Bonchev–Trinajstić information content (AvgIpc) is 2.63. The Labute approximate surface area is 147 Å². The van der Waals surface area contributed by atoms with Gasteiger partial charge in [0.05, 0.1) is 23.4 Å². The van der Waals surface area contributed by atoms with Crippen LogP contribution in [-0.4, -0.2) is 21.4 Å². The molecule has 0 fully saturated rings. The van der Waals surface area contributed by atoms with E-state index in [-0.39, 0.29) is 29.6 Å². The number of nitrogens with one attached hydrogen (secondary N) is 1. The van der Waals surface area contributed by atoms with Crippen LogP contribution in [0, 0.1) is 5.82 Å². The van der Waals surface area contributed by atoms with Gasteiger partial charge in [0, 0.05) is 17.3 Å². The molecule has 0 atom stereocenters. The van der Waals surface area contributed by atoms with Crippen LogP contribution in [0.2, 0.25) is 0 Å². The van der Waals surface area contributed by atoms with Crippen LogP contribution in [-0.2, 0) is 18.4 Å². The molecule has 0 saturated heterocycles. The quantitative estimate of drug-likeness (QED) is 0.713. The topological polar surface area (TPSA) is 64.0 Å². The molecule has 128 valence electrons. The predicted octanol–water partition coefficient (Wildman–Crippen LogP) is 2.48. The Balaban J connectivity index is 1.66. The standard InChI is InChI=1S/C18H16FN3O2S/c1-22-18(24)15-5-3-2-4-14(15)16(21-22)10-20-17(23)11-25-13-8-6-12(19)7-9-13/h2-9H,10-11H2,1H3,(H,20,23). The fraction of sp³-hybridized carbons (Fsp3) is 0.167. The number of aryl methyl sites for hydroxylation is 1. The van der Waals surface area contributed by atoms with Crippen molar-refractivity contribution in [3.8, 4) is 0 Å². The smallest absolute Gasteiger partial charge is 0.274 e. The molecule has 7 heteroatoms. The van der Waals surface area contributed by atoms with Crippen molar-refractivity contribution < 1.29 is 9.18 Å². The minimum atomic E-state index is -0.304. The molecule has 0 saturated carbocycles. The van der Waals surface area contributed by atoms with Crippen LogP contribution in [0.25, 0.3) is 10.8 Å². The summed E-state index contributed by atoms with van der Waals surface area (Å²) in [5.41, 5.74) is 0.468. The zero-order valence-electron chi connectivity index (χ0n) is 13.5. The van der Waals surface area contributed by atoms with Gasteiger partial charge in [0.25, 0.3) is 5.56 Å². The van der Waals surface area contributed by atoms with E-state index < -0.39 is 0 Å². The number of thioether (sulfide) groups is 1. The third kappa shape index (κ3) is 4.06. The second-order valence-electron chi connectivity index (χ2n) is 5.44. The lowest BCUT2D eigenvalue weighted by Crippen LogP contribution is -2.28. The molecule has 0 unspecified atom stereocenters. The van der Waals surface area contributed by atoms with Gasteiger partial charge >= 0.3 is 0 Å². The molecule has 0 spiro atoms. The summed E-state index contributed by atoms with van der Waals surface area (Å²) in [6.45, 7) is 0.234. The van der Waals surface area contributed by atoms with Gasteiger partial charge in [-0.3, -0.25) is 9.59 Å². The first-order valence-corrected chi connectivity index (χ1v) is 8.63. The van der Waals surface area contributed by atoms with E-state index in [0.717, 1.165) is 10.3 Å². The lowest BCUT2D eigenvalue weighted by molar-refractivity contribution is -0.118. The van der Waals surface area contributed by atoms with Gasteiger partial charge in [0.15, 0.2) is 0 Å². The Kier molecular flexibility index (Phi) is 5.14. The van der Waals surface area contributed by atoms with E-state index in [0.29, 0.717) is 11.1 Å². The second kappa shape index (κ2) is 7.48. The monoisotopic (exact) mass is 357 g/mol. The number of aromatic nitrogens is 2. The van der Waals surface area contributed by atoms with E-state index in [9.17, 15) is 14.0 Å². The number of hydrogen-bond acceptors (Lipinski definition) is 4. The molecule has 3 rings (SSSR count). The Morgan fingerprint density at radius 1 is 1.16 bits per heavy atom. The van der Waals surface area contributed by atoms with E-state index in [1.807, 2.05) is 12.1 Å². The third-order valence-electron chi connectivity index (χ3n) is 3.67. The molecule has 5 nitrogen and oxygen atoms in total. The van der Waals surface area contributed by atoms with Gasteiger partial charge in [0.1, 0.15) is 5.82 Å². The van der Waals surface area contributed by atoms with E-state index in [2.05, 4.69) is 10.4 Å². The average molecular weight is 357 g/mol. The van der Waals surface area contributed by atoms with Crippen molar-refractivity contribution in [3.05, 3.63) is 70.4 Å². The maximum absolute atomic E-state index is 12.9. The van der Waals surface area contributed by atoms with Gasteiger partial charge in [-0.25, -0.2) is 9.07 Å². The number of carbonyl (C=O) groups is 1. The molecule has 0 aliphatic rings. The number of fused-ring (bicyclic) bond motifs is 1. The van der Waals surface area contributed by atoms with Crippen molar-refractivity contribution >= 4 is 28.4 Å². The molecule has 25 heavy (non-hydrogen) atoms. The van der Waals surface area contributed by atoms with Gasteiger partial charge in [0.2, 0.25) is 5.91 Å². The molecular formula is C18H16FN3O2S. The highest BCUT2D eigenvalue weighted by atomic mass is 32.2. The van der Waals surface area contributed by atoms with Gasteiger partial charge in [-0.1, -0.05) is 18.2 Å². The number of amides is 1. The van der Waals surface area contributed by atoms with Crippen LogP contribution in [0.15, 0.2) is 58.2 Å². The molecule has 1 amide bonds. The van der Waals surface area contributed by atoms with Gasteiger partial charge in [-0.2, -0.15) is 5.10 Å². The van der Waals surface area contributed by atoms with Crippen LogP contribution in [0.3, 0.4) is 0 Å². The number of rotatable bonds is 5. The van der Waals surface area contributed by atoms with Crippen molar-refractivity contribution in [3.63, 3.8) is 0 Å². The summed E-state index contributed by atoms with van der Waals surface area (Å²) in [5, 5.41) is 8.36. The SMILES string of the molecule is Cn1nc(CNC(=O)CSc2ccc(F)cc2)c2ccccc2c1=O. The lowest BCUT2D eigenvalue weighted by Gasteiger charge is -2.09. The first kappa shape index (κ1) is 17.2. The Morgan fingerprint density at radius 3 is 2.56 bits per heavy atom. The molecule has 2 aromatic carbocycles. The first-order valence-electron chi connectivity index (χ1n) is 7.64. The van der Waals surface area contributed by atoms with Crippen molar-refractivity contribution in [2.75, 3.05) is 5.75 Å². The summed E-state index contributed by atoms with van der Waals surface area (Å²) in [7, 11) is 1.59. The van der Waals surface area contributed by atoms with E-state index in [1.165, 1.54) is 28.6 Å². The summed E-state index contributed by atoms with van der Waals surface area (Å²) in [5.74, 6) is -0.245. The molecule has 0 aliphatic carbocycles. The molecule has 1 aromatic heterocycles. The summed E-state index contributed by atoms with van der Waals surface area (Å²) < 4.78 is 14.1. The number of carbonyl (C=O) groups excluding carboxylic acids is 1. The molecule has 1 N–H and O–H groups in total. The normalized spacial score (nSPS) is 10.8. The van der Waals surface area contributed by atoms with Crippen LogP contribution < -0.4 is 10.9 Å². The fourth-order valence-electron chi connectivity index (χ4n) is 2.42. The van der Waals surface area contributed by atoms with Gasteiger partial charge < -0.3 is 5.32 Å². The van der Waals surface area contributed by atoms with Crippen LogP contribution in [0.5, 0.6) is 0 Å². The second-order valence-corrected chi connectivity index (χ2v) is 6.49. The maximum atomic E-state index is 12.9. The zero-order valence-corrected chi connectivity index (χ0v) is 14.3. The number of hydrogen-bond donors (Lipinski definition) is 1. The minimum Gasteiger partial charge on any atom is -0.350 e. The zero-order chi connectivity index (χ0) is 17.8. The summed E-state index contributed by atoms with van der Waals surface area (Å²) >= 11 is 1.33. The number of halogens is 1. The maximum Gasteiger partial charge on any atom is 0.274 e. The third-order valence-corrected chi connectivity index (χ3v) is 4.68.